The van der Waals surface area contributed by atoms with Gasteiger partial charge in [0, 0.05) is 0 Å². The highest BCUT2D eigenvalue weighted by molar-refractivity contribution is 5.74. The van der Waals surface area contributed by atoms with Crippen LogP contribution in [0.25, 0.3) is 0 Å². The van der Waals surface area contributed by atoms with Crippen molar-refractivity contribution in [3.8, 4) is 11.8 Å². The molecular formula is C21H22F3N3O2. The first-order valence-electron chi connectivity index (χ1n) is 8.88. The summed E-state index contributed by atoms with van der Waals surface area (Å²) in [6.45, 7) is 6.47. The zero-order valence-corrected chi connectivity index (χ0v) is 16.9. The first-order chi connectivity index (χ1) is 13.6. The van der Waals surface area contributed by atoms with E-state index < -0.39 is 23.8 Å². The molecule has 29 heavy (non-hydrogen) atoms. The van der Waals surface area contributed by atoms with Gasteiger partial charge in [-0.05, 0) is 44.9 Å². The first-order valence-corrected chi connectivity index (χ1v) is 8.88. The molecular weight excluding hydrogens is 383 g/mol. The quantitative estimate of drug-likeness (QED) is 0.591. The molecule has 0 amide bonds. The van der Waals surface area contributed by atoms with E-state index in [-0.39, 0.29) is 12.0 Å². The molecule has 8 heteroatoms. The smallest absolute Gasteiger partial charge is 0.416 e. The molecule has 1 N–H and O–H groups in total. The number of esters is 1. The van der Waals surface area contributed by atoms with Gasteiger partial charge in [-0.25, -0.2) is 9.97 Å². The third-order valence-corrected chi connectivity index (χ3v) is 4.39. The van der Waals surface area contributed by atoms with Gasteiger partial charge in [0.1, 0.15) is 11.6 Å². The molecule has 2 aromatic rings. The summed E-state index contributed by atoms with van der Waals surface area (Å²) in [6.07, 6.45) is -4.52. The lowest BCUT2D eigenvalue weighted by Gasteiger charge is -2.21. The van der Waals surface area contributed by atoms with E-state index in [2.05, 4.69) is 27.1 Å². The van der Waals surface area contributed by atoms with Crippen LogP contribution in [-0.4, -0.2) is 23.0 Å². The fourth-order valence-electron chi connectivity index (χ4n) is 3.04. The number of halogens is 3. The molecule has 0 aliphatic heterocycles. The van der Waals surface area contributed by atoms with Crippen molar-refractivity contribution in [3.05, 3.63) is 52.0 Å². The Morgan fingerprint density at radius 3 is 2.55 bits per heavy atom. The van der Waals surface area contributed by atoms with Crippen LogP contribution in [0, 0.1) is 25.7 Å². The number of hydrogen-bond donors (Lipinski definition) is 1. The second-order valence-corrected chi connectivity index (χ2v) is 6.45. The molecule has 0 radical (unpaired) electrons. The average Bonchev–Trinajstić information content (AvgIpc) is 2.63. The highest BCUT2D eigenvalue weighted by Gasteiger charge is 2.33. The highest BCUT2D eigenvalue weighted by Crippen LogP contribution is 2.35. The molecule has 0 aliphatic rings. The van der Waals surface area contributed by atoms with Gasteiger partial charge in [-0.1, -0.05) is 18.1 Å². The molecule has 2 rings (SSSR count). The van der Waals surface area contributed by atoms with Gasteiger partial charge in [0.2, 0.25) is 0 Å². The molecule has 0 aliphatic carbocycles. The van der Waals surface area contributed by atoms with Crippen molar-refractivity contribution in [1.29, 1.82) is 0 Å². The predicted molar refractivity (Wildman–Crippen MR) is 103 cm³/mol. The van der Waals surface area contributed by atoms with Crippen molar-refractivity contribution in [1.82, 2.24) is 9.97 Å². The van der Waals surface area contributed by atoms with Crippen LogP contribution in [0.15, 0.2) is 18.2 Å². The lowest BCUT2D eigenvalue weighted by atomic mass is 9.97. The summed E-state index contributed by atoms with van der Waals surface area (Å²) in [4.78, 5) is 20.4. The van der Waals surface area contributed by atoms with Gasteiger partial charge in [-0.15, -0.1) is 5.92 Å². The number of methoxy groups -OCH3 is 1. The van der Waals surface area contributed by atoms with Crippen molar-refractivity contribution >= 4 is 11.8 Å². The Morgan fingerprint density at radius 1 is 1.28 bits per heavy atom. The van der Waals surface area contributed by atoms with Gasteiger partial charge in [0.25, 0.3) is 0 Å². The van der Waals surface area contributed by atoms with Crippen LogP contribution in [-0.2, 0) is 22.1 Å². The van der Waals surface area contributed by atoms with Crippen molar-refractivity contribution in [3.63, 3.8) is 0 Å². The number of ether oxygens (including phenoxy) is 1. The summed E-state index contributed by atoms with van der Waals surface area (Å²) in [5, 5.41) is 3.13. The predicted octanol–water partition coefficient (Wildman–Crippen LogP) is 4.37. The highest BCUT2D eigenvalue weighted by atomic mass is 19.4. The maximum Gasteiger partial charge on any atom is 0.416 e. The normalized spacial score (nSPS) is 12.0. The van der Waals surface area contributed by atoms with E-state index in [1.165, 1.54) is 20.1 Å². The van der Waals surface area contributed by atoms with Crippen LogP contribution in [0.5, 0.6) is 0 Å². The number of nitrogens with zero attached hydrogens (tertiary/aromatic N) is 2. The topological polar surface area (TPSA) is 64.1 Å². The van der Waals surface area contributed by atoms with Crippen molar-refractivity contribution in [2.75, 3.05) is 12.4 Å². The molecule has 0 fully saturated rings. The Kier molecular flexibility index (Phi) is 6.85. The zero-order chi connectivity index (χ0) is 21.8. The number of rotatable bonds is 5. The number of benzene rings is 1. The molecule has 154 valence electrons. The third kappa shape index (κ3) is 5.25. The fraction of sp³-hybridized carbons (Fsp3) is 0.381. The van der Waals surface area contributed by atoms with Gasteiger partial charge in [-0.2, -0.15) is 13.2 Å². The minimum absolute atomic E-state index is 0.0878. The SMILES string of the molecule is CC#Cc1c(CC(=O)OC)nc(C)nc1NC(C)c1cccc(C(F)(F)F)c1C. The minimum atomic E-state index is -4.43. The summed E-state index contributed by atoms with van der Waals surface area (Å²) >= 11 is 0. The number of aryl methyl sites for hydroxylation is 1. The Morgan fingerprint density at radius 2 is 1.97 bits per heavy atom. The van der Waals surface area contributed by atoms with Gasteiger partial charge in [0.05, 0.1) is 36.4 Å². The lowest BCUT2D eigenvalue weighted by Crippen LogP contribution is -2.17. The van der Waals surface area contributed by atoms with Crippen LogP contribution >= 0.6 is 0 Å². The summed E-state index contributed by atoms with van der Waals surface area (Å²) < 4.78 is 44.4. The Balaban J connectivity index is 2.48. The zero-order valence-electron chi connectivity index (χ0n) is 16.9. The molecule has 1 heterocycles. The average molecular weight is 405 g/mol. The van der Waals surface area contributed by atoms with E-state index >= 15 is 0 Å². The van der Waals surface area contributed by atoms with E-state index in [1.807, 2.05) is 0 Å². The van der Waals surface area contributed by atoms with Gasteiger partial charge >= 0.3 is 12.1 Å². The Hall–Kier alpha value is -3.08. The first kappa shape index (κ1) is 22.2. The molecule has 1 aromatic heterocycles. The number of nitrogens with one attached hydrogen (secondary N) is 1. The number of aromatic nitrogens is 2. The maximum atomic E-state index is 13.2. The van der Waals surface area contributed by atoms with Gasteiger partial charge in [0.15, 0.2) is 0 Å². The molecule has 0 spiro atoms. The number of hydrogen-bond acceptors (Lipinski definition) is 5. The molecule has 5 nitrogen and oxygen atoms in total. The van der Waals surface area contributed by atoms with E-state index in [9.17, 15) is 18.0 Å². The number of carbonyl (C=O) groups is 1. The van der Waals surface area contributed by atoms with Gasteiger partial charge < -0.3 is 10.1 Å². The van der Waals surface area contributed by atoms with Crippen molar-refractivity contribution < 1.29 is 22.7 Å². The standard InChI is InChI=1S/C21H22F3N3O2/c1-6-8-16-18(11-19(28)29-5)26-14(4)27-20(16)25-13(3)15-9-7-10-17(12(15)2)21(22,23)24/h7,9-10,13H,11H2,1-5H3,(H,25,26,27). The molecule has 1 atom stereocenters. The summed E-state index contributed by atoms with van der Waals surface area (Å²) in [6, 6.07) is 3.58. The fourth-order valence-corrected chi connectivity index (χ4v) is 3.04. The van der Waals surface area contributed by atoms with Crippen LogP contribution in [0.2, 0.25) is 0 Å². The molecule has 1 aromatic carbocycles. The minimum Gasteiger partial charge on any atom is -0.469 e. The van der Waals surface area contributed by atoms with Crippen LogP contribution in [0.3, 0.4) is 0 Å². The van der Waals surface area contributed by atoms with E-state index in [0.717, 1.165) is 6.07 Å². The Bertz CT molecular complexity index is 976. The largest absolute Gasteiger partial charge is 0.469 e. The number of alkyl halides is 3. The van der Waals surface area contributed by atoms with Crippen LogP contribution in [0.4, 0.5) is 19.0 Å². The molecule has 0 bridgehead atoms. The molecule has 1 unspecified atom stereocenters. The van der Waals surface area contributed by atoms with E-state index in [1.54, 1.807) is 26.8 Å². The van der Waals surface area contributed by atoms with E-state index in [4.69, 9.17) is 4.74 Å². The van der Waals surface area contributed by atoms with Crippen LogP contribution < -0.4 is 5.32 Å². The van der Waals surface area contributed by atoms with Gasteiger partial charge in [-0.3, -0.25) is 4.79 Å². The lowest BCUT2D eigenvalue weighted by molar-refractivity contribution is -0.140. The number of anilines is 1. The second kappa shape index (κ2) is 8.95. The summed E-state index contributed by atoms with van der Waals surface area (Å²) in [7, 11) is 1.28. The third-order valence-electron chi connectivity index (χ3n) is 4.39. The van der Waals surface area contributed by atoms with E-state index in [0.29, 0.717) is 28.5 Å². The summed E-state index contributed by atoms with van der Waals surface area (Å²) in [5.41, 5.74) is 0.765. The number of carbonyl (C=O) groups excluding carboxylic acids is 1. The second-order valence-electron chi connectivity index (χ2n) is 6.45. The Labute approximate surface area is 167 Å². The molecule has 0 saturated carbocycles. The van der Waals surface area contributed by atoms with Crippen molar-refractivity contribution in [2.45, 2.75) is 46.3 Å². The van der Waals surface area contributed by atoms with Crippen LogP contribution in [0.1, 0.15) is 53.7 Å². The molecule has 0 saturated heterocycles. The summed E-state index contributed by atoms with van der Waals surface area (Å²) in [5.74, 6) is 5.92. The monoisotopic (exact) mass is 405 g/mol. The maximum absolute atomic E-state index is 13.2. The van der Waals surface area contributed by atoms with Crippen molar-refractivity contribution in [2.24, 2.45) is 0 Å².